The van der Waals surface area contributed by atoms with E-state index in [1.165, 1.54) is 30.1 Å². The van der Waals surface area contributed by atoms with E-state index in [-0.39, 0.29) is 0 Å². The van der Waals surface area contributed by atoms with E-state index in [0.717, 1.165) is 20.8 Å². The first-order valence-corrected chi connectivity index (χ1v) is 7.89. The molecule has 2 aromatic heterocycles. The molecule has 0 saturated heterocycles. The van der Waals surface area contributed by atoms with Gasteiger partial charge in [0.25, 0.3) is 0 Å². The van der Waals surface area contributed by atoms with E-state index in [1.807, 2.05) is 13.8 Å². The number of aryl methyl sites for hydroxylation is 2. The normalized spacial score (nSPS) is 12.2. The van der Waals surface area contributed by atoms with Crippen LogP contribution in [0.1, 0.15) is 17.4 Å². The zero-order valence-electron chi connectivity index (χ0n) is 12.1. The van der Waals surface area contributed by atoms with Gasteiger partial charge in [-0.1, -0.05) is 11.8 Å². The summed E-state index contributed by atoms with van der Waals surface area (Å²) in [5.74, 6) is -0.414. The van der Waals surface area contributed by atoms with Crippen LogP contribution in [0.25, 0.3) is 10.2 Å². The summed E-state index contributed by atoms with van der Waals surface area (Å²) in [7, 11) is 1.21. The molecule has 21 heavy (non-hydrogen) atoms. The summed E-state index contributed by atoms with van der Waals surface area (Å²) in [5, 5.41) is 3.40. The maximum Gasteiger partial charge on any atom is 0.413 e. The van der Waals surface area contributed by atoms with Crippen molar-refractivity contribution in [2.24, 2.45) is 0 Å². The number of aromatic nitrogens is 2. The van der Waals surface area contributed by atoms with Gasteiger partial charge in [-0.05, 0) is 26.3 Å². The van der Waals surface area contributed by atoms with Crippen molar-refractivity contribution in [1.29, 1.82) is 0 Å². The molecule has 2 rings (SSSR count). The van der Waals surface area contributed by atoms with Crippen molar-refractivity contribution >= 4 is 45.3 Å². The maximum atomic E-state index is 11.9. The van der Waals surface area contributed by atoms with Crippen LogP contribution in [0, 0.1) is 13.8 Å². The Labute approximate surface area is 130 Å². The van der Waals surface area contributed by atoms with Gasteiger partial charge in [-0.15, -0.1) is 11.3 Å². The number of hydrogen-bond acceptors (Lipinski definition) is 7. The Morgan fingerprint density at radius 3 is 2.76 bits per heavy atom. The Hall–Kier alpha value is -1.67. The largest absolute Gasteiger partial charge is 0.453 e. The highest BCUT2D eigenvalue weighted by molar-refractivity contribution is 8.00. The number of carbonyl (C=O) groups is 2. The quantitative estimate of drug-likeness (QED) is 0.690. The molecule has 1 N–H and O–H groups in total. The highest BCUT2D eigenvalue weighted by atomic mass is 32.2. The SMILES string of the molecule is COC(=O)NC(=O)[C@H](C)Sc1ncnc2sc(C)c(C)c12. The first-order valence-electron chi connectivity index (χ1n) is 6.20. The molecule has 0 bridgehead atoms. The molecule has 0 aliphatic heterocycles. The van der Waals surface area contributed by atoms with Crippen molar-refractivity contribution < 1.29 is 14.3 Å². The van der Waals surface area contributed by atoms with E-state index in [4.69, 9.17) is 0 Å². The Kier molecular flexibility index (Phi) is 4.79. The van der Waals surface area contributed by atoms with Crippen molar-refractivity contribution in [1.82, 2.24) is 15.3 Å². The number of amides is 2. The molecule has 2 amide bonds. The van der Waals surface area contributed by atoms with Gasteiger partial charge in [-0.25, -0.2) is 14.8 Å². The number of imide groups is 1. The topological polar surface area (TPSA) is 81.2 Å². The van der Waals surface area contributed by atoms with E-state index >= 15 is 0 Å². The lowest BCUT2D eigenvalue weighted by molar-refractivity contribution is -0.119. The number of thioether (sulfide) groups is 1. The molecule has 6 nitrogen and oxygen atoms in total. The molecule has 1 atom stereocenters. The predicted molar refractivity (Wildman–Crippen MR) is 82.8 cm³/mol. The minimum absolute atomic E-state index is 0.414. The molecule has 0 saturated carbocycles. The maximum absolute atomic E-state index is 11.9. The summed E-state index contributed by atoms with van der Waals surface area (Å²) in [6.45, 7) is 5.76. The fourth-order valence-corrected chi connectivity index (χ4v) is 3.75. The van der Waals surface area contributed by atoms with Crippen LogP contribution in [0.5, 0.6) is 0 Å². The first-order chi connectivity index (χ1) is 9.93. The van der Waals surface area contributed by atoms with Crippen LogP contribution in [-0.4, -0.2) is 34.3 Å². The summed E-state index contributed by atoms with van der Waals surface area (Å²) in [6, 6.07) is 0. The number of ether oxygens (including phenoxy) is 1. The zero-order valence-corrected chi connectivity index (χ0v) is 13.7. The van der Waals surface area contributed by atoms with E-state index in [0.29, 0.717) is 0 Å². The lowest BCUT2D eigenvalue weighted by Gasteiger charge is -2.10. The molecule has 0 unspecified atom stereocenters. The molecule has 0 aromatic carbocycles. The third kappa shape index (κ3) is 3.33. The monoisotopic (exact) mass is 325 g/mol. The molecule has 0 radical (unpaired) electrons. The second-order valence-electron chi connectivity index (χ2n) is 4.38. The van der Waals surface area contributed by atoms with Gasteiger partial charge in [-0.2, -0.15) is 0 Å². The second-order valence-corrected chi connectivity index (χ2v) is 6.92. The van der Waals surface area contributed by atoms with Crippen LogP contribution in [-0.2, 0) is 9.53 Å². The minimum atomic E-state index is -0.761. The number of methoxy groups -OCH3 is 1. The van der Waals surface area contributed by atoms with Crippen molar-refractivity contribution in [2.75, 3.05) is 7.11 Å². The van der Waals surface area contributed by atoms with Crippen molar-refractivity contribution in [3.63, 3.8) is 0 Å². The van der Waals surface area contributed by atoms with Crippen LogP contribution in [0.2, 0.25) is 0 Å². The molecule has 2 heterocycles. The minimum Gasteiger partial charge on any atom is -0.453 e. The van der Waals surface area contributed by atoms with Gasteiger partial charge in [0.1, 0.15) is 16.2 Å². The van der Waals surface area contributed by atoms with Crippen molar-refractivity contribution in [3.05, 3.63) is 16.8 Å². The lowest BCUT2D eigenvalue weighted by Crippen LogP contribution is -2.35. The number of nitrogens with one attached hydrogen (secondary N) is 1. The van der Waals surface area contributed by atoms with Gasteiger partial charge in [0.15, 0.2) is 0 Å². The Bertz CT molecular complexity index is 699. The van der Waals surface area contributed by atoms with E-state index in [9.17, 15) is 9.59 Å². The van der Waals surface area contributed by atoms with Crippen LogP contribution in [0.3, 0.4) is 0 Å². The highest BCUT2D eigenvalue weighted by Crippen LogP contribution is 2.35. The number of fused-ring (bicyclic) bond motifs is 1. The number of nitrogens with zero attached hydrogens (tertiary/aromatic N) is 2. The Morgan fingerprint density at radius 2 is 2.10 bits per heavy atom. The molecule has 0 fully saturated rings. The average Bonchev–Trinajstić information content (AvgIpc) is 2.74. The molecule has 8 heteroatoms. The standard InChI is InChI=1S/C13H15N3O3S2/c1-6-7(2)20-11-9(6)12(15-5-14-11)21-8(3)10(17)16-13(18)19-4/h5,8H,1-4H3,(H,16,17,18)/t8-/m0/s1. The predicted octanol–water partition coefficient (Wildman–Crippen LogP) is 2.67. The van der Waals surface area contributed by atoms with Gasteiger partial charge in [0.05, 0.1) is 12.4 Å². The Morgan fingerprint density at radius 1 is 1.38 bits per heavy atom. The number of hydrogen-bond donors (Lipinski definition) is 1. The smallest absolute Gasteiger partial charge is 0.413 e. The van der Waals surface area contributed by atoms with Crippen LogP contribution in [0.4, 0.5) is 4.79 Å². The average molecular weight is 325 g/mol. The summed E-state index contributed by atoms with van der Waals surface area (Å²) >= 11 is 2.90. The van der Waals surface area contributed by atoms with Crippen molar-refractivity contribution in [2.45, 2.75) is 31.0 Å². The number of carbonyl (C=O) groups excluding carboxylic acids is 2. The van der Waals surface area contributed by atoms with Crippen molar-refractivity contribution in [3.8, 4) is 0 Å². The molecule has 0 aliphatic rings. The fraction of sp³-hybridized carbons (Fsp3) is 0.385. The molecule has 112 valence electrons. The van der Waals surface area contributed by atoms with Crippen LogP contribution >= 0.6 is 23.1 Å². The Balaban J connectivity index is 2.23. The van der Waals surface area contributed by atoms with Gasteiger partial charge in [-0.3, -0.25) is 10.1 Å². The van der Waals surface area contributed by atoms with Gasteiger partial charge in [0, 0.05) is 10.3 Å². The van der Waals surface area contributed by atoms with Gasteiger partial charge >= 0.3 is 6.09 Å². The van der Waals surface area contributed by atoms with E-state index < -0.39 is 17.3 Å². The van der Waals surface area contributed by atoms with Crippen LogP contribution < -0.4 is 5.32 Å². The van der Waals surface area contributed by atoms with Gasteiger partial charge < -0.3 is 4.74 Å². The number of thiophene rings is 1. The summed E-state index contributed by atoms with van der Waals surface area (Å²) < 4.78 is 4.41. The second kappa shape index (κ2) is 6.40. The van der Waals surface area contributed by atoms with Gasteiger partial charge in [0.2, 0.25) is 5.91 Å². The molecule has 2 aromatic rings. The van der Waals surface area contributed by atoms with E-state index in [2.05, 4.69) is 20.0 Å². The lowest BCUT2D eigenvalue weighted by atomic mass is 10.2. The molecular formula is C13H15N3O3S2. The van der Waals surface area contributed by atoms with E-state index in [1.54, 1.807) is 18.3 Å². The number of alkyl carbamates (subject to hydrolysis) is 1. The molecule has 0 spiro atoms. The van der Waals surface area contributed by atoms with Crippen LogP contribution in [0.15, 0.2) is 11.4 Å². The highest BCUT2D eigenvalue weighted by Gasteiger charge is 2.20. The third-order valence-corrected chi connectivity index (χ3v) is 5.21. The first kappa shape index (κ1) is 15.7. The third-order valence-electron chi connectivity index (χ3n) is 3.00. The summed E-state index contributed by atoms with van der Waals surface area (Å²) in [4.78, 5) is 33.5. The summed E-state index contributed by atoms with van der Waals surface area (Å²) in [5.41, 5.74) is 1.12. The summed E-state index contributed by atoms with van der Waals surface area (Å²) in [6.07, 6.45) is 0.730. The molecular weight excluding hydrogens is 310 g/mol. The fourth-order valence-electron chi connectivity index (χ4n) is 1.71. The molecule has 0 aliphatic carbocycles. The number of rotatable bonds is 3. The zero-order chi connectivity index (χ0) is 15.6.